The predicted molar refractivity (Wildman–Crippen MR) is 71.1 cm³/mol. The SMILES string of the molecule is COc1cc(C#N)ccc1O[C@H](C)C(=O)NC(C)C. The van der Waals surface area contributed by atoms with Gasteiger partial charge in [0.2, 0.25) is 0 Å². The van der Waals surface area contributed by atoms with E-state index in [1.54, 1.807) is 25.1 Å². The lowest BCUT2D eigenvalue weighted by Crippen LogP contribution is -2.40. The van der Waals surface area contributed by atoms with E-state index in [2.05, 4.69) is 5.32 Å². The number of nitriles is 1. The summed E-state index contributed by atoms with van der Waals surface area (Å²) in [5, 5.41) is 11.6. The maximum absolute atomic E-state index is 11.8. The van der Waals surface area contributed by atoms with Crippen molar-refractivity contribution in [2.45, 2.75) is 32.9 Å². The third kappa shape index (κ3) is 4.18. The van der Waals surface area contributed by atoms with Gasteiger partial charge in [0.05, 0.1) is 18.7 Å². The zero-order chi connectivity index (χ0) is 14.4. The minimum Gasteiger partial charge on any atom is -0.493 e. The van der Waals surface area contributed by atoms with Crippen LogP contribution in [0.15, 0.2) is 18.2 Å². The number of benzene rings is 1. The highest BCUT2D eigenvalue weighted by Crippen LogP contribution is 2.28. The van der Waals surface area contributed by atoms with Crippen molar-refractivity contribution in [3.8, 4) is 17.6 Å². The number of nitrogens with zero attached hydrogens (tertiary/aromatic N) is 1. The molecule has 0 aliphatic rings. The van der Waals surface area contributed by atoms with Crippen molar-refractivity contribution in [3.05, 3.63) is 23.8 Å². The van der Waals surface area contributed by atoms with Crippen LogP contribution in [0.5, 0.6) is 11.5 Å². The molecule has 1 amide bonds. The lowest BCUT2D eigenvalue weighted by Gasteiger charge is -2.18. The van der Waals surface area contributed by atoms with E-state index in [-0.39, 0.29) is 11.9 Å². The first-order valence-electron chi connectivity index (χ1n) is 6.03. The van der Waals surface area contributed by atoms with E-state index < -0.39 is 6.10 Å². The maximum atomic E-state index is 11.8. The largest absolute Gasteiger partial charge is 0.493 e. The molecule has 0 heterocycles. The molecule has 5 nitrogen and oxygen atoms in total. The van der Waals surface area contributed by atoms with E-state index in [1.165, 1.54) is 7.11 Å². The van der Waals surface area contributed by atoms with E-state index in [9.17, 15) is 4.79 Å². The van der Waals surface area contributed by atoms with Crippen LogP contribution < -0.4 is 14.8 Å². The Morgan fingerprint density at radius 1 is 1.32 bits per heavy atom. The molecule has 0 aliphatic carbocycles. The third-order valence-electron chi connectivity index (χ3n) is 2.40. The predicted octanol–water partition coefficient (Wildman–Crippen LogP) is 1.86. The number of hydrogen-bond acceptors (Lipinski definition) is 4. The van der Waals surface area contributed by atoms with Crippen LogP contribution in [0.4, 0.5) is 0 Å². The Labute approximate surface area is 113 Å². The maximum Gasteiger partial charge on any atom is 0.260 e. The highest BCUT2D eigenvalue weighted by molar-refractivity contribution is 5.81. The van der Waals surface area contributed by atoms with Crippen LogP contribution in [-0.2, 0) is 4.79 Å². The van der Waals surface area contributed by atoms with Crippen LogP contribution in [-0.4, -0.2) is 25.2 Å². The van der Waals surface area contributed by atoms with Gasteiger partial charge in [-0.15, -0.1) is 0 Å². The van der Waals surface area contributed by atoms with E-state index in [0.29, 0.717) is 17.1 Å². The summed E-state index contributed by atoms with van der Waals surface area (Å²) in [5.41, 5.74) is 0.475. The molecule has 0 fully saturated rings. The minimum absolute atomic E-state index is 0.0569. The van der Waals surface area contributed by atoms with Gasteiger partial charge in [-0.3, -0.25) is 4.79 Å². The van der Waals surface area contributed by atoms with Crippen LogP contribution in [0, 0.1) is 11.3 Å². The van der Waals surface area contributed by atoms with Gasteiger partial charge in [-0.2, -0.15) is 5.26 Å². The average Bonchev–Trinajstić information content (AvgIpc) is 2.38. The molecule has 0 bridgehead atoms. The van der Waals surface area contributed by atoms with Crippen molar-refractivity contribution in [1.82, 2.24) is 5.32 Å². The molecule has 5 heteroatoms. The summed E-state index contributed by atoms with van der Waals surface area (Å²) in [6.45, 7) is 5.43. The number of carbonyl (C=O) groups excluding carboxylic acids is 1. The molecule has 1 aromatic carbocycles. The molecule has 1 rings (SSSR count). The molecular weight excluding hydrogens is 244 g/mol. The Kier molecular flexibility index (Phi) is 5.19. The minimum atomic E-state index is -0.635. The van der Waals surface area contributed by atoms with Crippen molar-refractivity contribution in [2.75, 3.05) is 7.11 Å². The zero-order valence-corrected chi connectivity index (χ0v) is 11.6. The van der Waals surface area contributed by atoms with Crippen LogP contribution in [0.25, 0.3) is 0 Å². The Morgan fingerprint density at radius 2 is 2.00 bits per heavy atom. The number of methoxy groups -OCH3 is 1. The van der Waals surface area contributed by atoms with Crippen LogP contribution >= 0.6 is 0 Å². The number of carbonyl (C=O) groups is 1. The summed E-state index contributed by atoms with van der Waals surface area (Å²) in [6.07, 6.45) is -0.635. The normalized spacial score (nSPS) is 11.6. The number of hydrogen-bond donors (Lipinski definition) is 1. The molecule has 0 radical (unpaired) electrons. The second-order valence-corrected chi connectivity index (χ2v) is 4.40. The molecule has 0 aromatic heterocycles. The van der Waals surface area contributed by atoms with Crippen molar-refractivity contribution < 1.29 is 14.3 Å². The first kappa shape index (κ1) is 14.8. The molecule has 1 N–H and O–H groups in total. The van der Waals surface area contributed by atoms with Gasteiger partial charge in [0.1, 0.15) is 0 Å². The first-order chi connectivity index (χ1) is 8.97. The highest BCUT2D eigenvalue weighted by Gasteiger charge is 2.17. The molecule has 0 unspecified atom stereocenters. The average molecular weight is 262 g/mol. The van der Waals surface area contributed by atoms with E-state index in [4.69, 9.17) is 14.7 Å². The number of rotatable bonds is 5. The number of nitrogens with one attached hydrogen (secondary N) is 1. The second-order valence-electron chi connectivity index (χ2n) is 4.40. The first-order valence-corrected chi connectivity index (χ1v) is 6.03. The van der Waals surface area contributed by atoms with Crippen LogP contribution in [0.2, 0.25) is 0 Å². The van der Waals surface area contributed by atoms with Crippen molar-refractivity contribution in [3.63, 3.8) is 0 Å². The van der Waals surface area contributed by atoms with E-state index in [0.717, 1.165) is 0 Å². The summed E-state index contributed by atoms with van der Waals surface area (Å²) >= 11 is 0. The Hall–Kier alpha value is -2.22. The summed E-state index contributed by atoms with van der Waals surface area (Å²) in [6, 6.07) is 6.88. The molecule has 102 valence electrons. The summed E-state index contributed by atoms with van der Waals surface area (Å²) in [7, 11) is 1.49. The van der Waals surface area contributed by atoms with Gasteiger partial charge in [-0.05, 0) is 32.9 Å². The molecular formula is C14H18N2O3. The molecule has 0 saturated heterocycles. The highest BCUT2D eigenvalue weighted by atomic mass is 16.5. The number of amides is 1. The smallest absolute Gasteiger partial charge is 0.260 e. The van der Waals surface area contributed by atoms with Gasteiger partial charge in [0.25, 0.3) is 5.91 Å². The Morgan fingerprint density at radius 3 is 2.53 bits per heavy atom. The molecule has 1 aromatic rings. The van der Waals surface area contributed by atoms with Crippen molar-refractivity contribution >= 4 is 5.91 Å². The van der Waals surface area contributed by atoms with Crippen LogP contribution in [0.1, 0.15) is 26.3 Å². The van der Waals surface area contributed by atoms with Gasteiger partial charge >= 0.3 is 0 Å². The fourth-order valence-electron chi connectivity index (χ4n) is 1.48. The summed E-state index contributed by atoms with van der Waals surface area (Å²) in [5.74, 6) is 0.678. The molecule has 19 heavy (non-hydrogen) atoms. The summed E-state index contributed by atoms with van der Waals surface area (Å²) < 4.78 is 10.7. The van der Waals surface area contributed by atoms with E-state index in [1.807, 2.05) is 19.9 Å². The Balaban J connectivity index is 2.82. The quantitative estimate of drug-likeness (QED) is 0.879. The zero-order valence-electron chi connectivity index (χ0n) is 11.6. The van der Waals surface area contributed by atoms with Gasteiger partial charge in [0, 0.05) is 12.1 Å². The second kappa shape index (κ2) is 6.64. The molecule has 0 spiro atoms. The number of ether oxygens (including phenoxy) is 2. The molecule has 1 atom stereocenters. The molecule has 0 aliphatic heterocycles. The van der Waals surface area contributed by atoms with Gasteiger partial charge < -0.3 is 14.8 Å². The van der Waals surface area contributed by atoms with Crippen LogP contribution in [0.3, 0.4) is 0 Å². The lowest BCUT2D eigenvalue weighted by atomic mass is 10.2. The lowest BCUT2D eigenvalue weighted by molar-refractivity contribution is -0.127. The fourth-order valence-corrected chi connectivity index (χ4v) is 1.48. The van der Waals surface area contributed by atoms with Gasteiger partial charge in [-0.25, -0.2) is 0 Å². The van der Waals surface area contributed by atoms with Gasteiger partial charge in [0.15, 0.2) is 17.6 Å². The summed E-state index contributed by atoms with van der Waals surface area (Å²) in [4.78, 5) is 11.8. The molecule has 0 saturated carbocycles. The fraction of sp³-hybridized carbons (Fsp3) is 0.429. The van der Waals surface area contributed by atoms with Gasteiger partial charge in [-0.1, -0.05) is 0 Å². The van der Waals surface area contributed by atoms with E-state index >= 15 is 0 Å². The Bertz CT molecular complexity index is 492. The third-order valence-corrected chi connectivity index (χ3v) is 2.40. The van der Waals surface area contributed by atoms with Crippen molar-refractivity contribution in [1.29, 1.82) is 5.26 Å². The monoisotopic (exact) mass is 262 g/mol. The topological polar surface area (TPSA) is 71.3 Å². The van der Waals surface area contributed by atoms with Crippen molar-refractivity contribution in [2.24, 2.45) is 0 Å². The standard InChI is InChI=1S/C14H18N2O3/c1-9(2)16-14(17)10(3)19-12-6-5-11(8-15)7-13(12)18-4/h5-7,9-10H,1-4H3,(H,16,17)/t10-/m1/s1.